The lowest BCUT2D eigenvalue weighted by Gasteiger charge is -2.15. The maximum atomic E-state index is 11.8. The average Bonchev–Trinajstić information content (AvgIpc) is 3.14. The SMILES string of the molecule is Cc1ccc(NCc2nnnn2-c2ccccc2)c(OCC(=O)N(C)C)c1. The summed E-state index contributed by atoms with van der Waals surface area (Å²) in [6, 6.07) is 15.5. The smallest absolute Gasteiger partial charge is 0.259 e. The van der Waals surface area contributed by atoms with Gasteiger partial charge in [0.1, 0.15) is 5.75 Å². The van der Waals surface area contributed by atoms with Crippen LogP contribution in [0.1, 0.15) is 11.4 Å². The molecule has 0 aliphatic rings. The Morgan fingerprint density at radius 2 is 1.96 bits per heavy atom. The van der Waals surface area contributed by atoms with Crippen LogP contribution in [0.25, 0.3) is 5.69 Å². The van der Waals surface area contributed by atoms with Gasteiger partial charge in [0.25, 0.3) is 5.91 Å². The lowest BCUT2D eigenvalue weighted by atomic mass is 10.2. The van der Waals surface area contributed by atoms with Crippen LogP contribution in [0.5, 0.6) is 5.75 Å². The van der Waals surface area contributed by atoms with Gasteiger partial charge in [-0.25, -0.2) is 0 Å². The quantitative estimate of drug-likeness (QED) is 0.689. The molecular weight excluding hydrogens is 344 g/mol. The van der Waals surface area contributed by atoms with Gasteiger partial charge in [0.15, 0.2) is 12.4 Å². The summed E-state index contributed by atoms with van der Waals surface area (Å²) >= 11 is 0. The standard InChI is InChI=1S/C19H22N6O2/c1-14-9-10-16(17(11-14)27-13-19(26)24(2)3)20-12-18-21-22-23-25(18)15-7-5-4-6-8-15/h4-11,20H,12-13H2,1-3H3. The number of ether oxygens (including phenoxy) is 1. The highest BCUT2D eigenvalue weighted by Crippen LogP contribution is 2.26. The molecule has 2 aromatic carbocycles. The highest BCUT2D eigenvalue weighted by molar-refractivity contribution is 5.77. The van der Waals surface area contributed by atoms with Crippen LogP contribution in [0.4, 0.5) is 5.69 Å². The number of amides is 1. The molecule has 0 saturated carbocycles. The average molecular weight is 366 g/mol. The molecular formula is C19H22N6O2. The first-order valence-corrected chi connectivity index (χ1v) is 8.55. The fourth-order valence-corrected chi connectivity index (χ4v) is 2.42. The molecule has 3 aromatic rings. The van der Waals surface area contributed by atoms with Crippen LogP contribution in [0.3, 0.4) is 0 Å². The third-order valence-corrected chi connectivity index (χ3v) is 3.96. The number of nitrogens with zero attached hydrogens (tertiary/aromatic N) is 5. The topological polar surface area (TPSA) is 85.2 Å². The predicted octanol–water partition coefficient (Wildman–Crippen LogP) is 2.05. The number of nitrogens with one attached hydrogen (secondary N) is 1. The Kier molecular flexibility index (Phi) is 5.65. The number of carbonyl (C=O) groups is 1. The number of hydrogen-bond donors (Lipinski definition) is 1. The van der Waals surface area contributed by atoms with E-state index >= 15 is 0 Å². The number of aromatic nitrogens is 4. The van der Waals surface area contributed by atoms with Gasteiger partial charge in [-0.2, -0.15) is 4.68 Å². The van der Waals surface area contributed by atoms with Gasteiger partial charge in [0.2, 0.25) is 0 Å². The van der Waals surface area contributed by atoms with Crippen LogP contribution in [0.2, 0.25) is 0 Å². The van der Waals surface area contributed by atoms with Gasteiger partial charge >= 0.3 is 0 Å². The van der Waals surface area contributed by atoms with E-state index in [2.05, 4.69) is 20.8 Å². The van der Waals surface area contributed by atoms with Gasteiger partial charge in [-0.15, -0.1) is 5.10 Å². The minimum Gasteiger partial charge on any atom is -0.482 e. The summed E-state index contributed by atoms with van der Waals surface area (Å²) < 4.78 is 7.39. The van der Waals surface area contributed by atoms with Gasteiger partial charge in [-0.1, -0.05) is 24.3 Å². The number of tetrazole rings is 1. The summed E-state index contributed by atoms with van der Waals surface area (Å²) in [7, 11) is 3.40. The Labute approximate surface area is 157 Å². The Morgan fingerprint density at radius 3 is 2.70 bits per heavy atom. The van der Waals surface area contributed by atoms with Crippen LogP contribution < -0.4 is 10.1 Å². The molecule has 0 bridgehead atoms. The first-order valence-electron chi connectivity index (χ1n) is 8.55. The zero-order chi connectivity index (χ0) is 19.2. The van der Waals surface area contributed by atoms with Crippen LogP contribution in [0, 0.1) is 6.92 Å². The second kappa shape index (κ2) is 8.31. The van der Waals surface area contributed by atoms with Crippen molar-refractivity contribution < 1.29 is 9.53 Å². The summed E-state index contributed by atoms with van der Waals surface area (Å²) in [5.74, 6) is 1.18. The first-order chi connectivity index (χ1) is 13.0. The lowest BCUT2D eigenvalue weighted by molar-refractivity contribution is -0.130. The molecule has 8 heteroatoms. The van der Waals surface area contributed by atoms with Crippen molar-refractivity contribution in [3.05, 3.63) is 59.9 Å². The van der Waals surface area contributed by atoms with Crippen molar-refractivity contribution in [3.8, 4) is 11.4 Å². The zero-order valence-electron chi connectivity index (χ0n) is 15.6. The zero-order valence-corrected chi connectivity index (χ0v) is 15.6. The molecule has 1 heterocycles. The summed E-state index contributed by atoms with van der Waals surface area (Å²) in [6.07, 6.45) is 0. The van der Waals surface area contributed by atoms with Crippen molar-refractivity contribution in [2.45, 2.75) is 13.5 Å². The second-order valence-electron chi connectivity index (χ2n) is 6.27. The summed E-state index contributed by atoms with van der Waals surface area (Å²) in [4.78, 5) is 13.3. The van der Waals surface area contributed by atoms with Crippen LogP contribution in [-0.4, -0.2) is 51.7 Å². The number of rotatable bonds is 7. The molecule has 1 amide bonds. The Hall–Kier alpha value is -3.42. The molecule has 0 saturated heterocycles. The van der Waals surface area contributed by atoms with E-state index in [1.54, 1.807) is 18.8 Å². The summed E-state index contributed by atoms with van der Waals surface area (Å²) in [6.45, 7) is 2.36. The summed E-state index contributed by atoms with van der Waals surface area (Å²) in [5, 5.41) is 15.2. The number of aryl methyl sites for hydroxylation is 1. The number of hydrogen-bond acceptors (Lipinski definition) is 6. The molecule has 0 spiro atoms. The van der Waals surface area contributed by atoms with E-state index < -0.39 is 0 Å². The van der Waals surface area contributed by atoms with Crippen molar-refractivity contribution in [1.82, 2.24) is 25.1 Å². The van der Waals surface area contributed by atoms with Crippen molar-refractivity contribution in [2.24, 2.45) is 0 Å². The monoisotopic (exact) mass is 366 g/mol. The van der Waals surface area contributed by atoms with E-state index in [9.17, 15) is 4.79 Å². The minimum atomic E-state index is -0.101. The van der Waals surface area contributed by atoms with Crippen molar-refractivity contribution in [1.29, 1.82) is 0 Å². The highest BCUT2D eigenvalue weighted by Gasteiger charge is 2.12. The molecule has 0 radical (unpaired) electrons. The fourth-order valence-electron chi connectivity index (χ4n) is 2.42. The van der Waals surface area contributed by atoms with Gasteiger partial charge < -0.3 is 15.0 Å². The second-order valence-corrected chi connectivity index (χ2v) is 6.27. The normalized spacial score (nSPS) is 10.5. The van der Waals surface area contributed by atoms with E-state index in [1.165, 1.54) is 4.90 Å². The molecule has 0 aliphatic carbocycles. The number of benzene rings is 2. The van der Waals surface area contributed by atoms with Crippen LogP contribution in [-0.2, 0) is 11.3 Å². The number of para-hydroxylation sites is 1. The molecule has 27 heavy (non-hydrogen) atoms. The van der Waals surface area contributed by atoms with E-state index in [0.717, 1.165) is 16.9 Å². The van der Waals surface area contributed by atoms with Crippen LogP contribution in [0.15, 0.2) is 48.5 Å². The van der Waals surface area contributed by atoms with E-state index in [0.29, 0.717) is 18.1 Å². The van der Waals surface area contributed by atoms with E-state index in [-0.39, 0.29) is 12.5 Å². The molecule has 0 aliphatic heterocycles. The van der Waals surface area contributed by atoms with E-state index in [1.807, 2.05) is 55.5 Å². The molecule has 0 fully saturated rings. The Balaban J connectivity index is 1.74. The van der Waals surface area contributed by atoms with Gasteiger partial charge in [-0.05, 0) is 47.2 Å². The molecule has 0 atom stereocenters. The maximum Gasteiger partial charge on any atom is 0.259 e. The molecule has 3 rings (SSSR count). The highest BCUT2D eigenvalue weighted by atomic mass is 16.5. The number of anilines is 1. The first kappa shape index (κ1) is 18.4. The Morgan fingerprint density at radius 1 is 1.19 bits per heavy atom. The van der Waals surface area contributed by atoms with Crippen molar-refractivity contribution in [3.63, 3.8) is 0 Å². The van der Waals surface area contributed by atoms with Gasteiger partial charge in [-0.3, -0.25) is 4.79 Å². The molecule has 8 nitrogen and oxygen atoms in total. The lowest BCUT2D eigenvalue weighted by Crippen LogP contribution is -2.27. The third-order valence-electron chi connectivity index (χ3n) is 3.96. The molecule has 140 valence electrons. The van der Waals surface area contributed by atoms with Crippen molar-refractivity contribution in [2.75, 3.05) is 26.0 Å². The molecule has 1 N–H and O–H groups in total. The predicted molar refractivity (Wildman–Crippen MR) is 102 cm³/mol. The van der Waals surface area contributed by atoms with Gasteiger partial charge in [0, 0.05) is 14.1 Å². The molecule has 1 aromatic heterocycles. The molecule has 0 unspecified atom stereocenters. The van der Waals surface area contributed by atoms with Crippen molar-refractivity contribution >= 4 is 11.6 Å². The maximum absolute atomic E-state index is 11.8. The van der Waals surface area contributed by atoms with Crippen LogP contribution >= 0.6 is 0 Å². The third kappa shape index (κ3) is 4.60. The minimum absolute atomic E-state index is 0.0209. The summed E-state index contributed by atoms with van der Waals surface area (Å²) in [5.41, 5.74) is 2.70. The fraction of sp³-hybridized carbons (Fsp3) is 0.263. The number of carbonyl (C=O) groups excluding carboxylic acids is 1. The van der Waals surface area contributed by atoms with Gasteiger partial charge in [0.05, 0.1) is 17.9 Å². The number of likely N-dealkylation sites (N-methyl/N-ethyl adjacent to an activating group) is 1. The van der Waals surface area contributed by atoms with E-state index in [4.69, 9.17) is 4.74 Å². The Bertz CT molecular complexity index is 908. The largest absolute Gasteiger partial charge is 0.482 e.